The number of thiophene rings is 1. The van der Waals surface area contributed by atoms with Crippen molar-refractivity contribution < 1.29 is 18.7 Å². The lowest BCUT2D eigenvalue weighted by molar-refractivity contribution is 0.0378. The molecule has 0 atom stereocenters. The van der Waals surface area contributed by atoms with Crippen LogP contribution in [-0.4, -0.2) is 18.0 Å². The minimum absolute atomic E-state index is 0.175. The van der Waals surface area contributed by atoms with Crippen LogP contribution in [0, 0.1) is 0 Å². The zero-order valence-corrected chi connectivity index (χ0v) is 18.4. The molecule has 4 rings (SSSR count). The van der Waals surface area contributed by atoms with Gasteiger partial charge < -0.3 is 14.5 Å². The van der Waals surface area contributed by atoms with E-state index in [2.05, 4.69) is 5.32 Å². The summed E-state index contributed by atoms with van der Waals surface area (Å²) in [6, 6.07) is 10.6. The first-order valence-electron chi connectivity index (χ1n) is 9.95. The third-order valence-corrected chi connectivity index (χ3v) is 6.36. The third-order valence-electron chi connectivity index (χ3n) is 4.90. The smallest absolute Gasteiger partial charge is 0.341 e. The quantitative estimate of drug-likeness (QED) is 0.466. The minimum atomic E-state index is -0.396. The summed E-state index contributed by atoms with van der Waals surface area (Å²) in [6.07, 6.45) is 3.63. The topological polar surface area (TPSA) is 68.5 Å². The third kappa shape index (κ3) is 4.30. The Labute approximate surface area is 184 Å². The van der Waals surface area contributed by atoms with Crippen molar-refractivity contribution in [3.8, 4) is 11.3 Å². The van der Waals surface area contributed by atoms with Gasteiger partial charge in [-0.05, 0) is 81.5 Å². The summed E-state index contributed by atoms with van der Waals surface area (Å²) in [5, 5.41) is 4.04. The number of esters is 1. The molecule has 156 valence electrons. The number of ether oxygens (including phenoxy) is 1. The second-order valence-electron chi connectivity index (χ2n) is 7.49. The molecule has 0 radical (unpaired) electrons. The van der Waals surface area contributed by atoms with Gasteiger partial charge in [-0.15, -0.1) is 11.3 Å². The highest BCUT2D eigenvalue weighted by Gasteiger charge is 2.28. The number of rotatable bonds is 5. The summed E-state index contributed by atoms with van der Waals surface area (Å²) >= 11 is 7.38. The summed E-state index contributed by atoms with van der Waals surface area (Å²) in [5.74, 6) is -0.0374. The van der Waals surface area contributed by atoms with Gasteiger partial charge in [0.2, 0.25) is 0 Å². The molecule has 0 unspecified atom stereocenters. The van der Waals surface area contributed by atoms with Crippen molar-refractivity contribution >= 4 is 39.8 Å². The molecule has 0 aliphatic heterocycles. The number of amides is 1. The van der Waals surface area contributed by atoms with E-state index < -0.39 is 5.91 Å². The van der Waals surface area contributed by atoms with E-state index in [0.717, 1.165) is 41.7 Å². The van der Waals surface area contributed by atoms with Crippen molar-refractivity contribution in [3.63, 3.8) is 0 Å². The van der Waals surface area contributed by atoms with E-state index in [1.165, 1.54) is 11.3 Å². The molecule has 0 spiro atoms. The molecule has 1 aromatic carbocycles. The average molecular weight is 444 g/mol. The van der Waals surface area contributed by atoms with Crippen molar-refractivity contribution in [3.05, 3.63) is 63.2 Å². The van der Waals surface area contributed by atoms with Crippen LogP contribution in [0.3, 0.4) is 0 Å². The first-order valence-corrected chi connectivity index (χ1v) is 11.1. The number of anilines is 1. The Balaban J connectivity index is 1.59. The largest absolute Gasteiger partial charge is 0.459 e. The van der Waals surface area contributed by atoms with Crippen molar-refractivity contribution in [2.75, 3.05) is 5.32 Å². The zero-order valence-electron chi connectivity index (χ0n) is 16.8. The molecule has 0 saturated carbocycles. The Hall–Kier alpha value is -2.57. The van der Waals surface area contributed by atoms with Gasteiger partial charge >= 0.3 is 5.97 Å². The lowest BCUT2D eigenvalue weighted by Gasteiger charge is -2.14. The highest BCUT2D eigenvalue weighted by molar-refractivity contribution is 7.17. The highest BCUT2D eigenvalue weighted by Crippen LogP contribution is 2.39. The molecule has 0 saturated heterocycles. The molecule has 1 amide bonds. The molecule has 3 aromatic rings. The summed E-state index contributed by atoms with van der Waals surface area (Å²) in [5.41, 5.74) is 2.32. The Morgan fingerprint density at radius 2 is 1.83 bits per heavy atom. The van der Waals surface area contributed by atoms with Gasteiger partial charge in [0.15, 0.2) is 5.76 Å². The van der Waals surface area contributed by atoms with E-state index >= 15 is 0 Å². The number of furan rings is 1. The molecule has 0 fully saturated rings. The van der Waals surface area contributed by atoms with E-state index in [1.54, 1.807) is 24.3 Å². The van der Waals surface area contributed by atoms with Crippen LogP contribution in [0.25, 0.3) is 11.3 Å². The predicted octanol–water partition coefficient (Wildman–Crippen LogP) is 6.36. The predicted molar refractivity (Wildman–Crippen MR) is 119 cm³/mol. The number of carbonyl (C=O) groups excluding carboxylic acids is 2. The second kappa shape index (κ2) is 8.66. The maximum atomic E-state index is 12.9. The highest BCUT2D eigenvalue weighted by atomic mass is 35.5. The lowest BCUT2D eigenvalue weighted by atomic mass is 9.95. The van der Waals surface area contributed by atoms with Gasteiger partial charge in [0, 0.05) is 15.5 Å². The summed E-state index contributed by atoms with van der Waals surface area (Å²) in [4.78, 5) is 26.7. The number of carbonyl (C=O) groups is 2. The standard InChI is InChI=1S/C23H22ClNO4S/c1-13(2)28-23(27)20-16-5-3-4-6-19(16)30-22(20)25-21(26)18-12-11-17(29-18)14-7-9-15(24)10-8-14/h7-13H,3-6H2,1-2H3,(H,25,26). The van der Waals surface area contributed by atoms with Gasteiger partial charge in [-0.25, -0.2) is 4.79 Å². The molecule has 0 bridgehead atoms. The first-order chi connectivity index (χ1) is 14.4. The maximum absolute atomic E-state index is 12.9. The summed E-state index contributed by atoms with van der Waals surface area (Å²) in [6.45, 7) is 3.63. The summed E-state index contributed by atoms with van der Waals surface area (Å²) in [7, 11) is 0. The molecule has 1 aliphatic rings. The van der Waals surface area contributed by atoms with Crippen LogP contribution in [0.4, 0.5) is 5.00 Å². The van der Waals surface area contributed by atoms with E-state index in [1.807, 2.05) is 26.0 Å². The normalized spacial score (nSPS) is 13.2. The van der Waals surface area contributed by atoms with Crippen LogP contribution in [0.1, 0.15) is 58.0 Å². The fourth-order valence-corrected chi connectivity index (χ4v) is 4.94. The van der Waals surface area contributed by atoms with Crippen molar-refractivity contribution in [1.82, 2.24) is 0 Å². The second-order valence-corrected chi connectivity index (χ2v) is 9.04. The fraction of sp³-hybridized carbons (Fsp3) is 0.304. The molecular weight excluding hydrogens is 422 g/mol. The Morgan fingerprint density at radius 3 is 2.57 bits per heavy atom. The molecule has 30 heavy (non-hydrogen) atoms. The van der Waals surface area contributed by atoms with Crippen LogP contribution in [0.15, 0.2) is 40.8 Å². The molecule has 7 heteroatoms. The van der Waals surface area contributed by atoms with E-state index in [0.29, 0.717) is 21.3 Å². The molecule has 2 aromatic heterocycles. The lowest BCUT2D eigenvalue weighted by Crippen LogP contribution is -2.17. The van der Waals surface area contributed by atoms with Crippen molar-refractivity contribution in [1.29, 1.82) is 0 Å². The fourth-order valence-electron chi connectivity index (χ4n) is 3.54. The number of nitrogens with one attached hydrogen (secondary N) is 1. The Bertz CT molecular complexity index is 1080. The molecule has 5 nitrogen and oxygen atoms in total. The van der Waals surface area contributed by atoms with Crippen LogP contribution in [0.5, 0.6) is 0 Å². The van der Waals surface area contributed by atoms with Crippen molar-refractivity contribution in [2.45, 2.75) is 45.6 Å². The average Bonchev–Trinajstić information content (AvgIpc) is 3.32. The maximum Gasteiger partial charge on any atom is 0.341 e. The van der Waals surface area contributed by atoms with Crippen LogP contribution in [0.2, 0.25) is 5.02 Å². The van der Waals surface area contributed by atoms with Gasteiger partial charge in [0.25, 0.3) is 5.91 Å². The van der Waals surface area contributed by atoms with Crippen LogP contribution >= 0.6 is 22.9 Å². The molecule has 1 aliphatic carbocycles. The monoisotopic (exact) mass is 443 g/mol. The minimum Gasteiger partial charge on any atom is -0.459 e. The van der Waals surface area contributed by atoms with Crippen LogP contribution < -0.4 is 5.32 Å². The van der Waals surface area contributed by atoms with Gasteiger partial charge in [-0.3, -0.25) is 4.79 Å². The number of halogens is 1. The van der Waals surface area contributed by atoms with Crippen LogP contribution in [-0.2, 0) is 17.6 Å². The van der Waals surface area contributed by atoms with Gasteiger partial charge in [0.1, 0.15) is 10.8 Å². The van der Waals surface area contributed by atoms with E-state index in [-0.39, 0.29) is 17.8 Å². The van der Waals surface area contributed by atoms with Gasteiger partial charge in [-0.2, -0.15) is 0 Å². The molecular formula is C23H22ClNO4S. The number of hydrogen-bond donors (Lipinski definition) is 1. The van der Waals surface area contributed by atoms with E-state index in [4.69, 9.17) is 20.8 Å². The number of fused-ring (bicyclic) bond motifs is 1. The molecule has 1 N–H and O–H groups in total. The van der Waals surface area contributed by atoms with E-state index in [9.17, 15) is 9.59 Å². The Morgan fingerprint density at radius 1 is 1.10 bits per heavy atom. The summed E-state index contributed by atoms with van der Waals surface area (Å²) < 4.78 is 11.2. The molecule has 2 heterocycles. The number of benzene rings is 1. The number of hydrogen-bond acceptors (Lipinski definition) is 5. The number of aryl methyl sites for hydroxylation is 1. The van der Waals surface area contributed by atoms with Gasteiger partial charge in [-0.1, -0.05) is 11.6 Å². The Kier molecular flexibility index (Phi) is 5.97. The zero-order chi connectivity index (χ0) is 21.3. The van der Waals surface area contributed by atoms with Crippen molar-refractivity contribution in [2.24, 2.45) is 0 Å². The first kappa shape index (κ1) is 20.7. The van der Waals surface area contributed by atoms with Gasteiger partial charge in [0.05, 0.1) is 11.7 Å². The SMILES string of the molecule is CC(C)OC(=O)c1c(NC(=O)c2ccc(-c3ccc(Cl)cc3)o2)sc2c1CCCC2.